The fourth-order valence-corrected chi connectivity index (χ4v) is 7.18. The number of hydrogen-bond acceptors (Lipinski definition) is 0. The lowest BCUT2D eigenvalue weighted by molar-refractivity contribution is -0.345. The number of nitrogens with zero attached hydrogens (tertiary/aromatic N) is 2. The zero-order valence-electron chi connectivity index (χ0n) is 30.6. The molecule has 0 aromatic heterocycles. The van der Waals surface area contributed by atoms with E-state index in [0.29, 0.717) is 0 Å². The molecule has 0 bridgehead atoms. The second kappa shape index (κ2) is 19.2. The van der Waals surface area contributed by atoms with Gasteiger partial charge in [0.15, 0.2) is 0 Å². The van der Waals surface area contributed by atoms with Gasteiger partial charge in [-0.2, -0.15) is 0 Å². The van der Waals surface area contributed by atoms with E-state index in [2.05, 4.69) is 79.7 Å². The molecule has 2 aromatic rings. The summed E-state index contributed by atoms with van der Waals surface area (Å²) in [6, 6.07) is 9.60. The molecule has 0 aliphatic carbocycles. The van der Waals surface area contributed by atoms with Gasteiger partial charge in [-0.25, -0.2) is 4.70 Å². The maximum absolute atomic E-state index is 12.4. The topological polar surface area (TPSA) is 25.3 Å². The second-order valence-corrected chi connectivity index (χ2v) is 13.9. The summed E-state index contributed by atoms with van der Waals surface area (Å²) in [6.45, 7) is 18.2. The van der Waals surface area contributed by atoms with E-state index in [9.17, 15) is 5.53 Å². The fourth-order valence-electron chi connectivity index (χ4n) is 7.18. The number of aryl methyl sites for hydroxylation is 4. The SMILES string of the molecule is CCCCCCCCC1=C(c2cc(C)c(C)c(C)c2)[N+](=[N-])C(c2cc(CCCC)c(CCCC)c(CCCC)c2)=C1CCCC. The van der Waals surface area contributed by atoms with Crippen LogP contribution in [0.15, 0.2) is 35.4 Å². The molecule has 0 spiro atoms. The van der Waals surface area contributed by atoms with Gasteiger partial charge in [0.1, 0.15) is 0 Å². The molecule has 0 atom stereocenters. The Kier molecular flexibility index (Phi) is 15.8. The first-order valence-electron chi connectivity index (χ1n) is 19.0. The van der Waals surface area contributed by atoms with Crippen molar-refractivity contribution >= 4 is 11.4 Å². The summed E-state index contributed by atoms with van der Waals surface area (Å²) in [6.07, 6.45) is 22.8. The molecule has 1 aliphatic heterocycles. The molecule has 0 fully saturated rings. The van der Waals surface area contributed by atoms with E-state index in [4.69, 9.17) is 0 Å². The lowest BCUT2D eigenvalue weighted by Crippen LogP contribution is -2.08. The lowest BCUT2D eigenvalue weighted by atomic mass is 9.86. The molecule has 2 aromatic carbocycles. The Labute approximate surface area is 278 Å². The van der Waals surface area contributed by atoms with Crippen LogP contribution in [-0.2, 0) is 19.3 Å². The van der Waals surface area contributed by atoms with Crippen molar-refractivity contribution in [2.75, 3.05) is 0 Å². The largest absolute Gasteiger partial charge is 0.493 e. The molecule has 45 heavy (non-hydrogen) atoms. The number of benzene rings is 2. The van der Waals surface area contributed by atoms with E-state index in [-0.39, 0.29) is 0 Å². The van der Waals surface area contributed by atoms with Crippen molar-refractivity contribution in [3.8, 4) is 0 Å². The smallest absolute Gasteiger partial charge is 0.211 e. The molecule has 2 nitrogen and oxygen atoms in total. The van der Waals surface area contributed by atoms with E-state index in [1.54, 1.807) is 10.3 Å². The fraction of sp³-hybridized carbons (Fsp3) is 0.628. The molecule has 1 heterocycles. The molecule has 3 rings (SSSR count). The summed E-state index contributed by atoms with van der Waals surface area (Å²) in [5, 5.41) is 0. The van der Waals surface area contributed by atoms with Gasteiger partial charge in [0.2, 0.25) is 11.4 Å². The summed E-state index contributed by atoms with van der Waals surface area (Å²) < 4.78 is 1.63. The van der Waals surface area contributed by atoms with Gasteiger partial charge in [-0.1, -0.05) is 92.4 Å². The predicted molar refractivity (Wildman–Crippen MR) is 198 cm³/mol. The highest BCUT2D eigenvalue weighted by atomic mass is 15.2. The van der Waals surface area contributed by atoms with Crippen LogP contribution in [0, 0.1) is 20.8 Å². The zero-order valence-corrected chi connectivity index (χ0v) is 30.6. The van der Waals surface area contributed by atoms with Crippen molar-refractivity contribution in [3.63, 3.8) is 0 Å². The highest BCUT2D eigenvalue weighted by molar-refractivity contribution is 5.83. The first-order valence-corrected chi connectivity index (χ1v) is 19.0. The average Bonchev–Trinajstić information content (AvgIpc) is 3.31. The Hall–Kier alpha value is -2.48. The summed E-state index contributed by atoms with van der Waals surface area (Å²) in [5.74, 6) is 0. The molecular weight excluding hydrogens is 544 g/mol. The van der Waals surface area contributed by atoms with Crippen molar-refractivity contribution in [2.24, 2.45) is 0 Å². The first kappa shape index (κ1) is 37.0. The maximum atomic E-state index is 12.4. The van der Waals surface area contributed by atoms with Gasteiger partial charge in [-0.3, -0.25) is 0 Å². The van der Waals surface area contributed by atoms with Crippen LogP contribution < -0.4 is 0 Å². The minimum atomic E-state index is 1.02. The van der Waals surface area contributed by atoms with Gasteiger partial charge >= 0.3 is 0 Å². The minimum absolute atomic E-state index is 1.02. The van der Waals surface area contributed by atoms with Crippen LogP contribution in [0.3, 0.4) is 0 Å². The second-order valence-electron chi connectivity index (χ2n) is 13.9. The number of allylic oxidation sites excluding steroid dienone is 2. The first-order chi connectivity index (χ1) is 21.8. The maximum Gasteiger partial charge on any atom is 0.211 e. The summed E-state index contributed by atoms with van der Waals surface area (Å²) in [4.78, 5) is 0. The van der Waals surface area contributed by atoms with E-state index in [0.717, 1.165) is 49.9 Å². The van der Waals surface area contributed by atoms with Gasteiger partial charge in [0, 0.05) is 22.3 Å². The average molecular weight is 611 g/mol. The standard InChI is InChI=1S/C43H66N2/c1-9-14-19-20-21-22-27-41-40(26-18-13-5)43(45(44)42(41)37-28-32(6)34(8)33(7)29-37)38-30-35(23-15-10-2)39(25-17-12-4)36(31-38)24-16-11-3/h28-31H,9-27H2,1-8H3. The molecule has 2 heteroatoms. The molecule has 0 radical (unpaired) electrons. The molecule has 0 saturated carbocycles. The molecule has 0 unspecified atom stereocenters. The Bertz CT molecular complexity index is 1270. The van der Waals surface area contributed by atoms with Crippen molar-refractivity contribution in [1.82, 2.24) is 0 Å². The van der Waals surface area contributed by atoms with Crippen LogP contribution in [0.1, 0.15) is 182 Å². The Balaban J connectivity index is 2.23. The Morgan fingerprint density at radius 2 is 0.867 bits per heavy atom. The molecular formula is C43H66N2. The van der Waals surface area contributed by atoms with Gasteiger partial charge in [-0.05, 0) is 143 Å². The summed E-state index contributed by atoms with van der Waals surface area (Å²) >= 11 is 0. The third kappa shape index (κ3) is 9.76. The zero-order chi connectivity index (χ0) is 32.8. The van der Waals surface area contributed by atoms with E-state index < -0.39 is 0 Å². The van der Waals surface area contributed by atoms with Crippen LogP contribution in [0.5, 0.6) is 0 Å². The lowest BCUT2D eigenvalue weighted by Gasteiger charge is -2.19. The molecule has 0 N–H and O–H groups in total. The normalized spacial score (nSPS) is 13.6. The number of rotatable bonds is 21. The Morgan fingerprint density at radius 3 is 1.38 bits per heavy atom. The number of hydrogen-bond donors (Lipinski definition) is 0. The van der Waals surface area contributed by atoms with E-state index >= 15 is 0 Å². The summed E-state index contributed by atoms with van der Waals surface area (Å²) in [5.41, 5.74) is 28.3. The highest BCUT2D eigenvalue weighted by Crippen LogP contribution is 2.45. The van der Waals surface area contributed by atoms with Gasteiger partial charge < -0.3 is 5.53 Å². The third-order valence-electron chi connectivity index (χ3n) is 10.2. The van der Waals surface area contributed by atoms with Gasteiger partial charge in [0.05, 0.1) is 0 Å². The van der Waals surface area contributed by atoms with Crippen molar-refractivity contribution in [3.05, 3.63) is 85.5 Å². The predicted octanol–water partition coefficient (Wildman–Crippen LogP) is 13.8. The molecule has 0 saturated heterocycles. The Morgan fingerprint density at radius 1 is 0.467 bits per heavy atom. The van der Waals surface area contributed by atoms with E-state index in [1.807, 2.05) is 0 Å². The van der Waals surface area contributed by atoms with Crippen LogP contribution in [0.25, 0.3) is 16.9 Å². The highest BCUT2D eigenvalue weighted by Gasteiger charge is 2.36. The molecule has 0 amide bonds. The number of unbranched alkanes of at least 4 members (excludes halogenated alkanes) is 9. The van der Waals surface area contributed by atoms with Gasteiger partial charge in [0.25, 0.3) is 0 Å². The quantitative estimate of drug-likeness (QED) is 0.0992. The third-order valence-corrected chi connectivity index (χ3v) is 10.2. The van der Waals surface area contributed by atoms with Crippen molar-refractivity contribution in [2.45, 2.75) is 177 Å². The van der Waals surface area contributed by atoms with Crippen LogP contribution >= 0.6 is 0 Å². The van der Waals surface area contributed by atoms with Crippen LogP contribution in [0.4, 0.5) is 0 Å². The summed E-state index contributed by atoms with van der Waals surface area (Å²) in [7, 11) is 0. The van der Waals surface area contributed by atoms with Crippen LogP contribution in [0.2, 0.25) is 0 Å². The van der Waals surface area contributed by atoms with Crippen molar-refractivity contribution < 1.29 is 4.70 Å². The molecule has 1 aliphatic rings. The van der Waals surface area contributed by atoms with Crippen LogP contribution in [-0.4, -0.2) is 4.70 Å². The monoisotopic (exact) mass is 611 g/mol. The van der Waals surface area contributed by atoms with Gasteiger partial charge in [-0.15, -0.1) is 0 Å². The van der Waals surface area contributed by atoms with E-state index in [1.165, 1.54) is 134 Å². The molecule has 248 valence electrons. The minimum Gasteiger partial charge on any atom is -0.493 e. The van der Waals surface area contributed by atoms with Crippen molar-refractivity contribution in [1.29, 1.82) is 0 Å².